The van der Waals surface area contributed by atoms with E-state index in [1.165, 1.54) is 24.1 Å². The van der Waals surface area contributed by atoms with Crippen molar-refractivity contribution in [1.82, 2.24) is 9.55 Å². The Balaban J connectivity index is 1.56. The lowest BCUT2D eigenvalue weighted by molar-refractivity contribution is -0.116. The maximum Gasteiger partial charge on any atom is 0.337 e. The molecule has 184 valence electrons. The Morgan fingerprint density at radius 2 is 1.83 bits per heavy atom. The minimum Gasteiger partial charge on any atom is -0.465 e. The van der Waals surface area contributed by atoms with E-state index in [-0.39, 0.29) is 18.0 Å². The highest BCUT2D eigenvalue weighted by Gasteiger charge is 2.21. The summed E-state index contributed by atoms with van der Waals surface area (Å²) in [7, 11) is 1.27. The monoisotopic (exact) mass is 504 g/mol. The Kier molecular flexibility index (Phi) is 6.98. The van der Waals surface area contributed by atoms with Crippen LogP contribution >= 0.6 is 11.3 Å². The third-order valence-corrected chi connectivity index (χ3v) is 6.83. The zero-order valence-electron chi connectivity index (χ0n) is 20.2. The van der Waals surface area contributed by atoms with Crippen molar-refractivity contribution < 1.29 is 19.1 Å². The quantitative estimate of drug-likeness (QED) is 0.382. The molecule has 9 nitrogen and oxygen atoms in total. The normalized spacial score (nSPS) is 10.8. The molecule has 0 atom stereocenters. The molecule has 2 aromatic heterocycles. The number of hydrogen-bond donors (Lipinski definition) is 2. The van der Waals surface area contributed by atoms with E-state index in [4.69, 9.17) is 0 Å². The van der Waals surface area contributed by atoms with Crippen LogP contribution in [0, 0.1) is 20.8 Å². The molecule has 0 aliphatic heterocycles. The molecule has 2 aromatic carbocycles. The number of rotatable bonds is 6. The molecule has 0 radical (unpaired) electrons. The summed E-state index contributed by atoms with van der Waals surface area (Å²) in [5.74, 6) is -1.32. The number of benzene rings is 2. The van der Waals surface area contributed by atoms with Crippen molar-refractivity contribution in [3.05, 3.63) is 86.3 Å². The summed E-state index contributed by atoms with van der Waals surface area (Å²) in [4.78, 5) is 55.6. The van der Waals surface area contributed by atoms with Crippen LogP contribution in [-0.4, -0.2) is 34.4 Å². The van der Waals surface area contributed by atoms with E-state index >= 15 is 0 Å². The predicted molar refractivity (Wildman–Crippen MR) is 139 cm³/mol. The second kappa shape index (κ2) is 10.1. The molecule has 0 aliphatic carbocycles. The summed E-state index contributed by atoms with van der Waals surface area (Å²) in [5.41, 5.74) is 3.49. The first-order chi connectivity index (χ1) is 17.2. The Morgan fingerprint density at radius 1 is 1.06 bits per heavy atom. The fourth-order valence-electron chi connectivity index (χ4n) is 3.82. The van der Waals surface area contributed by atoms with Crippen LogP contribution in [0.3, 0.4) is 0 Å². The molecular formula is C26H24N4O5S. The molecule has 0 aliphatic rings. The van der Waals surface area contributed by atoms with Gasteiger partial charge in [0.15, 0.2) is 0 Å². The molecule has 0 saturated heterocycles. The van der Waals surface area contributed by atoms with Gasteiger partial charge in [0, 0.05) is 11.4 Å². The fraction of sp³-hybridized carbons (Fsp3) is 0.192. The second-order valence-electron chi connectivity index (χ2n) is 8.31. The summed E-state index contributed by atoms with van der Waals surface area (Å²) in [6.45, 7) is 5.30. The zero-order chi connectivity index (χ0) is 26.0. The van der Waals surface area contributed by atoms with Crippen LogP contribution in [0.25, 0.3) is 10.2 Å². The van der Waals surface area contributed by atoms with Gasteiger partial charge in [-0.1, -0.05) is 23.8 Å². The van der Waals surface area contributed by atoms with Gasteiger partial charge >= 0.3 is 5.97 Å². The van der Waals surface area contributed by atoms with Gasteiger partial charge in [-0.15, -0.1) is 11.3 Å². The number of aromatic nitrogens is 2. The van der Waals surface area contributed by atoms with E-state index in [2.05, 4.69) is 20.4 Å². The molecule has 0 fully saturated rings. The SMILES string of the molecule is COC(=O)c1cccc(NC(=O)Cn2cnc3sc(C(=O)Nc4ccc(C)cc4C)c(C)c3c2=O)c1. The summed E-state index contributed by atoms with van der Waals surface area (Å²) in [6.07, 6.45) is 1.29. The number of carbonyl (C=O) groups excluding carboxylic acids is 3. The summed E-state index contributed by atoms with van der Waals surface area (Å²) < 4.78 is 5.88. The highest BCUT2D eigenvalue weighted by molar-refractivity contribution is 7.20. The molecule has 10 heteroatoms. The number of esters is 1. The number of hydrogen-bond acceptors (Lipinski definition) is 7. The number of anilines is 2. The third kappa shape index (κ3) is 5.03. The number of amides is 2. The van der Waals surface area contributed by atoms with Crippen molar-refractivity contribution in [2.45, 2.75) is 27.3 Å². The maximum atomic E-state index is 13.2. The number of nitrogens with zero attached hydrogens (tertiary/aromatic N) is 2. The van der Waals surface area contributed by atoms with Crippen molar-refractivity contribution in [1.29, 1.82) is 0 Å². The molecule has 2 amide bonds. The van der Waals surface area contributed by atoms with Crippen molar-refractivity contribution in [3.63, 3.8) is 0 Å². The molecule has 0 spiro atoms. The van der Waals surface area contributed by atoms with E-state index in [1.54, 1.807) is 25.1 Å². The number of thiophene rings is 1. The largest absolute Gasteiger partial charge is 0.465 e. The lowest BCUT2D eigenvalue weighted by atomic mass is 10.1. The number of ether oxygens (including phenoxy) is 1. The molecule has 0 bridgehead atoms. The van der Waals surface area contributed by atoms with Gasteiger partial charge in [0.05, 0.1) is 29.3 Å². The molecule has 2 heterocycles. The van der Waals surface area contributed by atoms with Gasteiger partial charge in [0.1, 0.15) is 11.4 Å². The summed E-state index contributed by atoms with van der Waals surface area (Å²) in [5, 5.41) is 5.87. The van der Waals surface area contributed by atoms with Crippen LogP contribution in [-0.2, 0) is 16.1 Å². The zero-order valence-corrected chi connectivity index (χ0v) is 21.0. The van der Waals surface area contributed by atoms with Crippen LogP contribution in [0.5, 0.6) is 0 Å². The molecular weight excluding hydrogens is 480 g/mol. The Bertz CT molecular complexity index is 1570. The predicted octanol–water partition coefficient (Wildman–Crippen LogP) is 4.06. The number of methoxy groups -OCH3 is 1. The van der Waals surface area contributed by atoms with Gasteiger partial charge in [-0.3, -0.25) is 19.0 Å². The Hall–Kier alpha value is -4.31. The minimum atomic E-state index is -0.526. The van der Waals surface area contributed by atoms with Crippen molar-refractivity contribution in [3.8, 4) is 0 Å². The van der Waals surface area contributed by atoms with E-state index in [0.29, 0.717) is 32.0 Å². The van der Waals surface area contributed by atoms with E-state index in [0.717, 1.165) is 22.5 Å². The van der Waals surface area contributed by atoms with Gasteiger partial charge in [0.25, 0.3) is 11.5 Å². The van der Waals surface area contributed by atoms with Crippen LogP contribution in [0.4, 0.5) is 11.4 Å². The highest BCUT2D eigenvalue weighted by Crippen LogP contribution is 2.28. The van der Waals surface area contributed by atoms with Crippen LogP contribution in [0.1, 0.15) is 36.7 Å². The smallest absolute Gasteiger partial charge is 0.337 e. The average molecular weight is 505 g/mol. The van der Waals surface area contributed by atoms with Gasteiger partial charge in [-0.05, 0) is 56.2 Å². The number of fused-ring (bicyclic) bond motifs is 1. The van der Waals surface area contributed by atoms with Crippen LogP contribution in [0.15, 0.2) is 53.6 Å². The van der Waals surface area contributed by atoms with Gasteiger partial charge in [-0.2, -0.15) is 0 Å². The molecule has 36 heavy (non-hydrogen) atoms. The molecule has 4 rings (SSSR count). The standard InChI is InChI=1S/C26H24N4O5S/c1-14-8-9-19(15(2)10-14)29-23(32)22-16(3)21-24(36-22)27-13-30(25(21)33)12-20(31)28-18-7-5-6-17(11-18)26(34)35-4/h5-11,13H,12H2,1-4H3,(H,28,31)(H,29,32). The lowest BCUT2D eigenvalue weighted by Gasteiger charge is -2.09. The van der Waals surface area contributed by atoms with Gasteiger partial charge in [-0.25, -0.2) is 9.78 Å². The number of nitrogens with one attached hydrogen (secondary N) is 2. The fourth-order valence-corrected chi connectivity index (χ4v) is 4.85. The Morgan fingerprint density at radius 3 is 2.56 bits per heavy atom. The second-order valence-corrected chi connectivity index (χ2v) is 9.31. The molecule has 4 aromatic rings. The van der Waals surface area contributed by atoms with E-state index in [9.17, 15) is 19.2 Å². The Labute approximate surface area is 210 Å². The van der Waals surface area contributed by atoms with Crippen LogP contribution in [0.2, 0.25) is 0 Å². The first-order valence-corrected chi connectivity index (χ1v) is 11.8. The topological polar surface area (TPSA) is 119 Å². The van der Waals surface area contributed by atoms with Gasteiger partial charge < -0.3 is 15.4 Å². The summed E-state index contributed by atoms with van der Waals surface area (Å²) in [6, 6.07) is 12.0. The first kappa shape index (κ1) is 24.8. The molecule has 0 unspecified atom stereocenters. The number of aryl methyl sites for hydroxylation is 3. The average Bonchev–Trinajstić information content (AvgIpc) is 3.19. The lowest BCUT2D eigenvalue weighted by Crippen LogP contribution is -2.28. The molecule has 0 saturated carbocycles. The van der Waals surface area contributed by atoms with E-state index < -0.39 is 17.4 Å². The van der Waals surface area contributed by atoms with Crippen LogP contribution < -0.4 is 16.2 Å². The van der Waals surface area contributed by atoms with E-state index in [1.807, 2.05) is 32.0 Å². The third-order valence-electron chi connectivity index (χ3n) is 5.64. The first-order valence-electron chi connectivity index (χ1n) is 11.0. The van der Waals surface area contributed by atoms with Crippen molar-refractivity contribution in [2.24, 2.45) is 0 Å². The van der Waals surface area contributed by atoms with Crippen molar-refractivity contribution in [2.75, 3.05) is 17.7 Å². The maximum absolute atomic E-state index is 13.2. The number of carbonyl (C=O) groups is 3. The van der Waals surface area contributed by atoms with Gasteiger partial charge in [0.2, 0.25) is 5.91 Å². The van der Waals surface area contributed by atoms with Crippen molar-refractivity contribution >= 4 is 50.7 Å². The molecule has 2 N–H and O–H groups in total. The summed E-state index contributed by atoms with van der Waals surface area (Å²) >= 11 is 1.13. The highest BCUT2D eigenvalue weighted by atomic mass is 32.1. The minimum absolute atomic E-state index is 0.288.